The fourth-order valence-electron chi connectivity index (χ4n) is 2.98. The molecule has 140 valence electrons. The molecule has 1 N–H and O–H groups in total. The van der Waals surface area contributed by atoms with E-state index in [0.29, 0.717) is 24.1 Å². The van der Waals surface area contributed by atoms with Crippen molar-refractivity contribution in [3.63, 3.8) is 0 Å². The van der Waals surface area contributed by atoms with Gasteiger partial charge in [-0.2, -0.15) is 0 Å². The van der Waals surface area contributed by atoms with E-state index in [9.17, 15) is 4.79 Å². The number of urea groups is 1. The van der Waals surface area contributed by atoms with Gasteiger partial charge in [-0.25, -0.2) is 4.79 Å². The molecule has 0 atom stereocenters. The van der Waals surface area contributed by atoms with Crippen LogP contribution in [0.3, 0.4) is 0 Å². The number of benzene rings is 1. The summed E-state index contributed by atoms with van der Waals surface area (Å²) in [6.07, 6.45) is 0.880. The Bertz CT molecular complexity index is 771. The summed E-state index contributed by atoms with van der Waals surface area (Å²) >= 11 is 7.57. The van der Waals surface area contributed by atoms with Gasteiger partial charge in [-0.3, -0.25) is 5.32 Å². The van der Waals surface area contributed by atoms with Gasteiger partial charge in [0.2, 0.25) is 5.13 Å². The minimum absolute atomic E-state index is 0.111. The third kappa shape index (κ3) is 4.65. The highest BCUT2D eigenvalue weighted by Gasteiger charge is 2.23. The molecule has 0 unspecified atom stereocenters. The Balaban J connectivity index is 1.55. The number of aryl methyl sites for hydroxylation is 1. The molecule has 0 spiro atoms. The van der Waals surface area contributed by atoms with Crippen LogP contribution in [0.25, 0.3) is 0 Å². The number of hydrogen-bond acceptors (Lipinski definition) is 5. The van der Waals surface area contributed by atoms with Crippen LogP contribution in [0, 0.1) is 12.8 Å². The van der Waals surface area contributed by atoms with Gasteiger partial charge in [0.05, 0.1) is 0 Å². The van der Waals surface area contributed by atoms with Crippen LogP contribution in [0.2, 0.25) is 5.02 Å². The summed E-state index contributed by atoms with van der Waals surface area (Å²) in [4.78, 5) is 16.6. The quantitative estimate of drug-likeness (QED) is 0.851. The zero-order valence-corrected chi connectivity index (χ0v) is 16.9. The molecule has 1 aliphatic rings. The minimum atomic E-state index is -0.111. The molecule has 6 nitrogen and oxygen atoms in total. The van der Waals surface area contributed by atoms with Crippen LogP contribution < -0.4 is 10.2 Å². The number of carbonyl (C=O) groups is 1. The molecule has 1 saturated heterocycles. The number of nitrogens with zero attached hydrogens (tertiary/aromatic N) is 4. The average molecular weight is 394 g/mol. The number of rotatable bonds is 4. The minimum Gasteiger partial charge on any atom is -0.368 e. The van der Waals surface area contributed by atoms with Crippen LogP contribution in [0.4, 0.5) is 15.6 Å². The number of anilines is 2. The Kier molecular flexibility index (Phi) is 5.98. The molecule has 0 aliphatic carbocycles. The molecule has 0 radical (unpaired) electrons. The van der Waals surface area contributed by atoms with E-state index < -0.39 is 0 Å². The number of halogens is 1. The zero-order chi connectivity index (χ0) is 18.7. The van der Waals surface area contributed by atoms with E-state index in [0.717, 1.165) is 35.2 Å². The lowest BCUT2D eigenvalue weighted by molar-refractivity contribution is 0.208. The van der Waals surface area contributed by atoms with Gasteiger partial charge in [0.15, 0.2) is 0 Å². The monoisotopic (exact) mass is 393 g/mol. The Morgan fingerprint density at radius 3 is 2.69 bits per heavy atom. The van der Waals surface area contributed by atoms with E-state index >= 15 is 0 Å². The fourth-order valence-corrected chi connectivity index (χ4v) is 4.09. The van der Waals surface area contributed by atoms with Crippen LogP contribution in [-0.4, -0.2) is 47.3 Å². The summed E-state index contributed by atoms with van der Waals surface area (Å²) in [5, 5.41) is 13.3. The molecule has 1 fully saturated rings. The third-order valence-corrected chi connectivity index (χ3v) is 5.44. The summed E-state index contributed by atoms with van der Waals surface area (Å²) < 4.78 is 0. The van der Waals surface area contributed by atoms with Crippen molar-refractivity contribution in [2.24, 2.45) is 5.92 Å². The molecule has 0 saturated carbocycles. The molecule has 26 heavy (non-hydrogen) atoms. The smallest absolute Gasteiger partial charge is 0.323 e. The molecular weight excluding hydrogens is 370 g/mol. The maximum atomic E-state index is 12.5. The van der Waals surface area contributed by atoms with Gasteiger partial charge < -0.3 is 9.80 Å². The van der Waals surface area contributed by atoms with E-state index in [4.69, 9.17) is 11.6 Å². The van der Waals surface area contributed by atoms with Gasteiger partial charge >= 0.3 is 6.03 Å². The van der Waals surface area contributed by atoms with Crippen LogP contribution in [-0.2, 0) is 6.42 Å². The molecule has 3 rings (SSSR count). The molecular formula is C18H24ClN5OS. The standard InChI is InChI=1S/C18H24ClN5OS/c1-12(2)10-16-21-22-17(26-16)20-18(25)24-8-6-23(7-9-24)15-11-14(19)5-4-13(15)3/h4-5,11-12H,6-10H2,1-3H3,(H,20,22,25). The maximum absolute atomic E-state index is 12.5. The summed E-state index contributed by atoms with van der Waals surface area (Å²) in [6, 6.07) is 5.81. The largest absolute Gasteiger partial charge is 0.368 e. The van der Waals surface area contributed by atoms with E-state index in [-0.39, 0.29) is 6.03 Å². The van der Waals surface area contributed by atoms with Crippen LogP contribution in [0.15, 0.2) is 18.2 Å². The maximum Gasteiger partial charge on any atom is 0.323 e. The Labute approximate surface area is 163 Å². The van der Waals surface area contributed by atoms with E-state index in [2.05, 4.69) is 41.2 Å². The highest BCUT2D eigenvalue weighted by molar-refractivity contribution is 7.15. The van der Waals surface area contributed by atoms with Crippen molar-refractivity contribution < 1.29 is 4.79 Å². The van der Waals surface area contributed by atoms with Crippen molar-refractivity contribution in [1.29, 1.82) is 0 Å². The second-order valence-corrected chi connectivity index (χ2v) is 8.43. The van der Waals surface area contributed by atoms with Crippen LogP contribution >= 0.6 is 22.9 Å². The Morgan fingerprint density at radius 2 is 2.00 bits per heavy atom. The first-order valence-corrected chi connectivity index (χ1v) is 10.0. The molecule has 1 aromatic carbocycles. The molecule has 2 heterocycles. The average Bonchev–Trinajstić information content (AvgIpc) is 3.03. The molecule has 0 bridgehead atoms. The number of amides is 2. The first-order chi connectivity index (χ1) is 12.4. The summed E-state index contributed by atoms with van der Waals surface area (Å²) in [6.45, 7) is 9.24. The lowest BCUT2D eigenvalue weighted by Gasteiger charge is -2.36. The van der Waals surface area contributed by atoms with Gasteiger partial charge in [-0.05, 0) is 30.5 Å². The predicted octanol–water partition coefficient (Wildman–Crippen LogP) is 4.05. The predicted molar refractivity (Wildman–Crippen MR) is 107 cm³/mol. The summed E-state index contributed by atoms with van der Waals surface area (Å²) in [5.74, 6) is 0.523. The van der Waals surface area contributed by atoms with Crippen molar-refractivity contribution in [2.75, 3.05) is 36.4 Å². The van der Waals surface area contributed by atoms with Gasteiger partial charge in [-0.15, -0.1) is 10.2 Å². The Morgan fingerprint density at radius 1 is 1.27 bits per heavy atom. The Hall–Kier alpha value is -1.86. The second kappa shape index (κ2) is 8.22. The lowest BCUT2D eigenvalue weighted by atomic mass is 10.1. The number of carbonyl (C=O) groups excluding carboxylic acids is 1. The number of nitrogens with one attached hydrogen (secondary N) is 1. The van der Waals surface area contributed by atoms with Gasteiger partial charge in [-0.1, -0.05) is 42.9 Å². The first kappa shape index (κ1) is 18.9. The molecule has 2 aromatic rings. The van der Waals surface area contributed by atoms with Gasteiger partial charge in [0.1, 0.15) is 5.01 Å². The molecule has 1 aromatic heterocycles. The second-order valence-electron chi connectivity index (χ2n) is 6.93. The SMILES string of the molecule is Cc1ccc(Cl)cc1N1CCN(C(=O)Nc2nnc(CC(C)C)s2)CC1. The molecule has 2 amide bonds. The lowest BCUT2D eigenvalue weighted by Crippen LogP contribution is -2.50. The fraction of sp³-hybridized carbons (Fsp3) is 0.500. The number of aromatic nitrogens is 2. The highest BCUT2D eigenvalue weighted by Crippen LogP contribution is 2.25. The van der Waals surface area contributed by atoms with Crippen LogP contribution in [0.1, 0.15) is 24.4 Å². The zero-order valence-electron chi connectivity index (χ0n) is 15.3. The van der Waals surface area contributed by atoms with Gasteiger partial charge in [0, 0.05) is 43.3 Å². The van der Waals surface area contributed by atoms with Crippen LogP contribution in [0.5, 0.6) is 0 Å². The van der Waals surface area contributed by atoms with Crippen molar-refractivity contribution >= 4 is 39.8 Å². The summed E-state index contributed by atoms with van der Waals surface area (Å²) in [5.41, 5.74) is 2.33. The van der Waals surface area contributed by atoms with Crippen molar-refractivity contribution in [3.8, 4) is 0 Å². The van der Waals surface area contributed by atoms with E-state index in [1.807, 2.05) is 23.1 Å². The highest BCUT2D eigenvalue weighted by atomic mass is 35.5. The first-order valence-electron chi connectivity index (χ1n) is 8.82. The van der Waals surface area contributed by atoms with Crippen molar-refractivity contribution in [2.45, 2.75) is 27.2 Å². The van der Waals surface area contributed by atoms with E-state index in [1.165, 1.54) is 16.9 Å². The summed E-state index contributed by atoms with van der Waals surface area (Å²) in [7, 11) is 0. The topological polar surface area (TPSA) is 61.4 Å². The van der Waals surface area contributed by atoms with Crippen molar-refractivity contribution in [3.05, 3.63) is 33.8 Å². The third-order valence-electron chi connectivity index (χ3n) is 4.34. The molecule has 8 heteroatoms. The normalized spacial score (nSPS) is 14.8. The van der Waals surface area contributed by atoms with Crippen molar-refractivity contribution in [1.82, 2.24) is 15.1 Å². The van der Waals surface area contributed by atoms with Gasteiger partial charge in [0.25, 0.3) is 0 Å². The number of piperazine rings is 1. The van der Waals surface area contributed by atoms with E-state index in [1.54, 1.807) is 0 Å². The number of hydrogen-bond donors (Lipinski definition) is 1. The molecule has 1 aliphatic heterocycles.